The van der Waals surface area contributed by atoms with Crippen LogP contribution in [0.2, 0.25) is 0 Å². The van der Waals surface area contributed by atoms with Gasteiger partial charge >= 0.3 is 0 Å². The number of anilines is 3. The number of hydrogen-bond acceptors (Lipinski definition) is 4. The minimum Gasteiger partial charge on any atom is -0.376 e. The van der Waals surface area contributed by atoms with Crippen LogP contribution in [0.25, 0.3) is 0 Å². The SMILES string of the molecule is Cc1cccc(NCC(=O)Nc2cccc(S(=O)(=O)N(C)c3ccccc3)c2)c1C. The van der Waals surface area contributed by atoms with Crippen molar-refractivity contribution in [3.8, 4) is 0 Å². The highest BCUT2D eigenvalue weighted by Gasteiger charge is 2.21. The fraction of sp³-hybridized carbons (Fsp3) is 0.174. The molecule has 0 atom stereocenters. The van der Waals surface area contributed by atoms with Gasteiger partial charge in [0.05, 0.1) is 17.1 Å². The van der Waals surface area contributed by atoms with Gasteiger partial charge in [0.1, 0.15) is 0 Å². The number of carbonyl (C=O) groups is 1. The van der Waals surface area contributed by atoms with Crippen LogP contribution in [0, 0.1) is 13.8 Å². The van der Waals surface area contributed by atoms with E-state index in [1.54, 1.807) is 36.4 Å². The summed E-state index contributed by atoms with van der Waals surface area (Å²) >= 11 is 0. The van der Waals surface area contributed by atoms with E-state index in [1.807, 2.05) is 38.1 Å². The van der Waals surface area contributed by atoms with Crippen molar-refractivity contribution >= 4 is 33.0 Å². The Labute approximate surface area is 177 Å². The zero-order valence-electron chi connectivity index (χ0n) is 17.2. The minimum absolute atomic E-state index is 0.0746. The third kappa shape index (κ3) is 4.80. The summed E-state index contributed by atoms with van der Waals surface area (Å²) in [5, 5.41) is 5.87. The first kappa shape index (κ1) is 21.4. The number of nitrogens with zero attached hydrogens (tertiary/aromatic N) is 1. The van der Waals surface area contributed by atoms with E-state index in [0.29, 0.717) is 11.4 Å². The number of benzene rings is 3. The van der Waals surface area contributed by atoms with Crippen molar-refractivity contribution < 1.29 is 13.2 Å². The molecule has 0 fully saturated rings. The largest absolute Gasteiger partial charge is 0.376 e. The van der Waals surface area contributed by atoms with Crippen molar-refractivity contribution in [2.45, 2.75) is 18.7 Å². The minimum atomic E-state index is -3.75. The molecule has 0 saturated carbocycles. The Morgan fingerprint density at radius 2 is 1.63 bits per heavy atom. The summed E-state index contributed by atoms with van der Waals surface area (Å²) in [6.45, 7) is 4.08. The van der Waals surface area contributed by atoms with Crippen LogP contribution >= 0.6 is 0 Å². The van der Waals surface area contributed by atoms with Crippen LogP contribution < -0.4 is 14.9 Å². The van der Waals surface area contributed by atoms with Gasteiger partial charge in [0.2, 0.25) is 5.91 Å². The molecule has 3 aromatic carbocycles. The average Bonchev–Trinajstić information content (AvgIpc) is 2.75. The number of rotatable bonds is 7. The third-order valence-corrected chi connectivity index (χ3v) is 6.72. The summed E-state index contributed by atoms with van der Waals surface area (Å²) in [4.78, 5) is 12.5. The number of para-hydroxylation sites is 1. The van der Waals surface area contributed by atoms with E-state index < -0.39 is 10.0 Å². The molecule has 0 radical (unpaired) electrons. The zero-order valence-corrected chi connectivity index (χ0v) is 18.0. The number of aryl methyl sites for hydroxylation is 1. The van der Waals surface area contributed by atoms with Crippen LogP contribution in [0.1, 0.15) is 11.1 Å². The molecule has 3 rings (SSSR count). The first-order valence-electron chi connectivity index (χ1n) is 9.53. The van der Waals surface area contributed by atoms with E-state index in [2.05, 4.69) is 10.6 Å². The topological polar surface area (TPSA) is 78.5 Å². The van der Waals surface area contributed by atoms with Gasteiger partial charge < -0.3 is 10.6 Å². The number of carbonyl (C=O) groups excluding carboxylic acids is 1. The molecule has 0 unspecified atom stereocenters. The number of sulfonamides is 1. The quantitative estimate of drug-likeness (QED) is 0.598. The number of nitrogens with one attached hydrogen (secondary N) is 2. The molecule has 2 N–H and O–H groups in total. The van der Waals surface area contributed by atoms with Crippen LogP contribution in [0.3, 0.4) is 0 Å². The van der Waals surface area contributed by atoms with Crippen molar-refractivity contribution in [3.63, 3.8) is 0 Å². The predicted octanol–water partition coefficient (Wildman–Crippen LogP) is 4.18. The van der Waals surface area contributed by atoms with Crippen molar-refractivity contribution in [2.24, 2.45) is 0 Å². The van der Waals surface area contributed by atoms with Gasteiger partial charge in [-0.2, -0.15) is 0 Å². The summed E-state index contributed by atoms with van der Waals surface area (Å²) in [5.74, 6) is -0.262. The molecule has 0 aliphatic carbocycles. The Morgan fingerprint density at radius 1 is 0.933 bits per heavy atom. The molecule has 30 heavy (non-hydrogen) atoms. The van der Waals surface area contributed by atoms with Gasteiger partial charge in [-0.1, -0.05) is 36.4 Å². The number of amides is 1. The Morgan fingerprint density at radius 3 is 2.37 bits per heavy atom. The summed E-state index contributed by atoms with van der Waals surface area (Å²) in [7, 11) is -2.25. The van der Waals surface area contributed by atoms with Crippen molar-refractivity contribution in [2.75, 3.05) is 28.5 Å². The Kier molecular flexibility index (Phi) is 6.42. The third-order valence-electron chi connectivity index (χ3n) is 4.94. The highest BCUT2D eigenvalue weighted by molar-refractivity contribution is 7.92. The van der Waals surface area contributed by atoms with E-state index in [9.17, 15) is 13.2 Å². The maximum atomic E-state index is 13.0. The molecule has 0 aromatic heterocycles. The fourth-order valence-electron chi connectivity index (χ4n) is 2.99. The first-order valence-corrected chi connectivity index (χ1v) is 11.0. The lowest BCUT2D eigenvalue weighted by Gasteiger charge is -2.20. The summed E-state index contributed by atoms with van der Waals surface area (Å²) < 4.78 is 27.1. The Bertz CT molecular complexity index is 1150. The highest BCUT2D eigenvalue weighted by Crippen LogP contribution is 2.24. The van der Waals surface area contributed by atoms with E-state index in [0.717, 1.165) is 16.8 Å². The van der Waals surface area contributed by atoms with Gasteiger partial charge in [-0.25, -0.2) is 8.42 Å². The van der Waals surface area contributed by atoms with Crippen LogP contribution in [-0.2, 0) is 14.8 Å². The van der Waals surface area contributed by atoms with Crippen LogP contribution in [0.15, 0.2) is 77.7 Å². The van der Waals surface area contributed by atoms with Gasteiger partial charge in [-0.3, -0.25) is 9.10 Å². The molecular weight excluding hydrogens is 398 g/mol. The highest BCUT2D eigenvalue weighted by atomic mass is 32.2. The predicted molar refractivity (Wildman–Crippen MR) is 122 cm³/mol. The second-order valence-electron chi connectivity index (χ2n) is 6.99. The molecule has 0 bridgehead atoms. The second kappa shape index (κ2) is 9.00. The van der Waals surface area contributed by atoms with Gasteiger partial charge in [-0.05, 0) is 61.4 Å². The molecule has 1 amide bonds. The second-order valence-corrected chi connectivity index (χ2v) is 8.95. The molecule has 156 valence electrons. The van der Waals surface area contributed by atoms with Crippen LogP contribution in [0.4, 0.5) is 17.1 Å². The zero-order chi connectivity index (χ0) is 21.7. The molecule has 0 heterocycles. The lowest BCUT2D eigenvalue weighted by Crippen LogP contribution is -2.27. The number of hydrogen-bond donors (Lipinski definition) is 2. The molecule has 0 spiro atoms. The van der Waals surface area contributed by atoms with Gasteiger partial charge in [0.15, 0.2) is 0 Å². The standard InChI is InChI=1S/C23H25N3O3S/c1-17-9-7-14-22(18(17)2)24-16-23(27)25-19-10-8-13-21(15-19)30(28,29)26(3)20-11-5-4-6-12-20/h4-15,24H,16H2,1-3H3,(H,25,27). The molecule has 6 nitrogen and oxygen atoms in total. The summed E-state index contributed by atoms with van der Waals surface area (Å²) in [6, 6.07) is 20.9. The monoisotopic (exact) mass is 423 g/mol. The van der Waals surface area contributed by atoms with Gasteiger partial charge in [0, 0.05) is 18.4 Å². The molecule has 0 aliphatic heterocycles. The van der Waals surface area contributed by atoms with Crippen LogP contribution in [0.5, 0.6) is 0 Å². The Hall–Kier alpha value is -3.32. The normalized spacial score (nSPS) is 11.0. The van der Waals surface area contributed by atoms with Crippen molar-refractivity contribution in [1.82, 2.24) is 0 Å². The average molecular weight is 424 g/mol. The molecular formula is C23H25N3O3S. The maximum Gasteiger partial charge on any atom is 0.264 e. The van der Waals surface area contributed by atoms with Gasteiger partial charge in [0.25, 0.3) is 10.0 Å². The summed E-state index contributed by atoms with van der Waals surface area (Å²) in [6.07, 6.45) is 0. The van der Waals surface area contributed by atoms with Gasteiger partial charge in [-0.15, -0.1) is 0 Å². The smallest absolute Gasteiger partial charge is 0.264 e. The lowest BCUT2D eigenvalue weighted by molar-refractivity contribution is -0.114. The van der Waals surface area contributed by atoms with E-state index in [4.69, 9.17) is 0 Å². The van der Waals surface area contributed by atoms with E-state index in [-0.39, 0.29) is 17.3 Å². The summed E-state index contributed by atoms with van der Waals surface area (Å²) in [5.41, 5.74) is 4.10. The Balaban J connectivity index is 1.70. The maximum absolute atomic E-state index is 13.0. The van der Waals surface area contributed by atoms with E-state index >= 15 is 0 Å². The molecule has 7 heteroatoms. The van der Waals surface area contributed by atoms with Crippen LogP contribution in [-0.4, -0.2) is 27.9 Å². The lowest BCUT2D eigenvalue weighted by atomic mass is 10.1. The first-order chi connectivity index (χ1) is 14.3. The van der Waals surface area contributed by atoms with E-state index in [1.165, 1.54) is 23.5 Å². The molecule has 3 aromatic rings. The fourth-order valence-corrected chi connectivity index (χ4v) is 4.23. The van der Waals surface area contributed by atoms with Crippen molar-refractivity contribution in [3.05, 3.63) is 83.9 Å². The molecule has 0 aliphatic rings. The van der Waals surface area contributed by atoms with Crippen molar-refractivity contribution in [1.29, 1.82) is 0 Å². The molecule has 0 saturated heterocycles.